The molecule has 2 N–H and O–H groups in total. The lowest BCUT2D eigenvalue weighted by molar-refractivity contribution is 0.281. The van der Waals surface area contributed by atoms with E-state index in [2.05, 4.69) is 52.5 Å². The smallest absolute Gasteiger partial charge is 0.261 e. The molecule has 0 spiro atoms. The molecule has 0 amide bonds. The summed E-state index contributed by atoms with van der Waals surface area (Å²) in [4.78, 5) is 0.0933. The molecule has 0 fully saturated rings. The van der Waals surface area contributed by atoms with Crippen molar-refractivity contribution in [1.29, 1.82) is 0 Å². The molecule has 0 aliphatic heterocycles. The Bertz CT molecular complexity index is 755. The molecule has 0 heterocycles. The number of aliphatic hydroxyl groups is 1. The number of hydrogen-bond acceptors (Lipinski definition) is 3. The van der Waals surface area contributed by atoms with Crippen LogP contribution in [0.1, 0.15) is 5.56 Å². The van der Waals surface area contributed by atoms with Crippen molar-refractivity contribution in [3.8, 4) is 0 Å². The zero-order valence-corrected chi connectivity index (χ0v) is 16.1. The maximum absolute atomic E-state index is 12.4. The first-order chi connectivity index (χ1) is 9.83. The summed E-state index contributed by atoms with van der Waals surface area (Å²) in [5.74, 6) is 0. The summed E-state index contributed by atoms with van der Waals surface area (Å²) >= 11 is 9.97. The minimum Gasteiger partial charge on any atom is -0.392 e. The number of sulfonamides is 1. The van der Waals surface area contributed by atoms with Crippen molar-refractivity contribution in [3.05, 3.63) is 55.4 Å². The van der Waals surface area contributed by atoms with E-state index >= 15 is 0 Å². The Morgan fingerprint density at radius 1 is 1.05 bits per heavy atom. The van der Waals surface area contributed by atoms with Crippen LogP contribution >= 0.6 is 47.8 Å². The van der Waals surface area contributed by atoms with E-state index in [1.165, 1.54) is 12.1 Å². The van der Waals surface area contributed by atoms with Crippen LogP contribution in [0.25, 0.3) is 0 Å². The fourth-order valence-corrected chi connectivity index (χ4v) is 5.53. The van der Waals surface area contributed by atoms with Crippen LogP contribution in [-0.4, -0.2) is 13.5 Å². The standard InChI is InChI=1S/C13H10Br3NO3S/c14-9-5-11(15)13(12(16)6-9)17-21(19,20)10-3-1-2-8(4-10)7-18/h1-6,17-18H,7H2. The summed E-state index contributed by atoms with van der Waals surface area (Å²) in [6.45, 7) is -0.213. The molecule has 0 saturated carbocycles. The third-order valence-electron chi connectivity index (χ3n) is 2.63. The summed E-state index contributed by atoms with van der Waals surface area (Å²) < 4.78 is 29.4. The molecule has 112 valence electrons. The molecule has 0 aliphatic carbocycles. The summed E-state index contributed by atoms with van der Waals surface area (Å²) in [5.41, 5.74) is 0.944. The lowest BCUT2D eigenvalue weighted by atomic mass is 10.2. The largest absolute Gasteiger partial charge is 0.392 e. The maximum atomic E-state index is 12.4. The van der Waals surface area contributed by atoms with Gasteiger partial charge in [0.05, 0.1) is 17.2 Å². The highest BCUT2D eigenvalue weighted by atomic mass is 79.9. The van der Waals surface area contributed by atoms with Gasteiger partial charge in [-0.15, -0.1) is 0 Å². The van der Waals surface area contributed by atoms with Crippen LogP contribution in [0.15, 0.2) is 54.7 Å². The zero-order chi connectivity index (χ0) is 15.6. The quantitative estimate of drug-likeness (QED) is 0.660. The van der Waals surface area contributed by atoms with Gasteiger partial charge in [0, 0.05) is 13.4 Å². The normalized spacial score (nSPS) is 11.4. The number of rotatable bonds is 4. The van der Waals surface area contributed by atoms with Crippen LogP contribution in [0.4, 0.5) is 5.69 Å². The molecular formula is C13H10Br3NO3S. The molecule has 0 unspecified atom stereocenters. The first kappa shape index (κ1) is 17.0. The molecule has 2 aromatic rings. The Labute approximate surface area is 148 Å². The third-order valence-corrected chi connectivity index (χ3v) is 5.69. The highest BCUT2D eigenvalue weighted by Gasteiger charge is 2.18. The molecular weight excluding hydrogens is 490 g/mol. The van der Waals surface area contributed by atoms with E-state index in [1.807, 2.05) is 0 Å². The van der Waals surface area contributed by atoms with Crippen LogP contribution in [0.5, 0.6) is 0 Å². The molecule has 0 atom stereocenters. The van der Waals surface area contributed by atoms with Crippen molar-refractivity contribution < 1.29 is 13.5 Å². The second kappa shape index (κ2) is 6.78. The van der Waals surface area contributed by atoms with Crippen molar-refractivity contribution in [2.75, 3.05) is 4.72 Å². The van der Waals surface area contributed by atoms with Crippen molar-refractivity contribution in [2.45, 2.75) is 11.5 Å². The van der Waals surface area contributed by atoms with Gasteiger partial charge in [0.15, 0.2) is 0 Å². The topological polar surface area (TPSA) is 66.4 Å². The van der Waals surface area contributed by atoms with Gasteiger partial charge in [-0.1, -0.05) is 28.1 Å². The minimum absolute atomic E-state index is 0.0933. The van der Waals surface area contributed by atoms with E-state index in [4.69, 9.17) is 5.11 Å². The van der Waals surface area contributed by atoms with Gasteiger partial charge in [-0.3, -0.25) is 4.72 Å². The first-order valence-corrected chi connectivity index (χ1v) is 9.57. The molecule has 0 aliphatic rings. The number of aliphatic hydroxyl groups excluding tert-OH is 1. The number of anilines is 1. The number of nitrogens with one attached hydrogen (secondary N) is 1. The Hall–Kier alpha value is -0.410. The molecule has 0 radical (unpaired) electrons. The van der Waals surface area contributed by atoms with Gasteiger partial charge in [-0.25, -0.2) is 8.42 Å². The van der Waals surface area contributed by atoms with Crippen LogP contribution in [0.3, 0.4) is 0 Å². The van der Waals surface area contributed by atoms with E-state index < -0.39 is 10.0 Å². The van der Waals surface area contributed by atoms with E-state index in [0.29, 0.717) is 20.2 Å². The Kier molecular flexibility index (Phi) is 5.48. The molecule has 4 nitrogen and oxygen atoms in total. The van der Waals surface area contributed by atoms with Gasteiger partial charge < -0.3 is 5.11 Å². The van der Waals surface area contributed by atoms with E-state index in [9.17, 15) is 8.42 Å². The zero-order valence-electron chi connectivity index (χ0n) is 10.5. The lowest BCUT2D eigenvalue weighted by Gasteiger charge is -2.12. The molecule has 21 heavy (non-hydrogen) atoms. The Morgan fingerprint density at radius 2 is 1.67 bits per heavy atom. The van der Waals surface area contributed by atoms with E-state index in [-0.39, 0.29) is 11.5 Å². The minimum atomic E-state index is -3.74. The summed E-state index contributed by atoms with van der Waals surface area (Å²) in [7, 11) is -3.74. The van der Waals surface area contributed by atoms with Crippen LogP contribution < -0.4 is 4.72 Å². The van der Waals surface area contributed by atoms with Gasteiger partial charge >= 0.3 is 0 Å². The van der Waals surface area contributed by atoms with Gasteiger partial charge in [0.2, 0.25) is 0 Å². The van der Waals surface area contributed by atoms with Gasteiger partial charge in [-0.05, 0) is 61.7 Å². The van der Waals surface area contributed by atoms with Crippen molar-refractivity contribution >= 4 is 63.5 Å². The predicted molar refractivity (Wildman–Crippen MR) is 92.7 cm³/mol. The maximum Gasteiger partial charge on any atom is 0.261 e. The molecule has 2 rings (SSSR count). The van der Waals surface area contributed by atoms with Crippen molar-refractivity contribution in [3.63, 3.8) is 0 Å². The number of hydrogen-bond donors (Lipinski definition) is 2. The SMILES string of the molecule is O=S(=O)(Nc1c(Br)cc(Br)cc1Br)c1cccc(CO)c1. The fourth-order valence-electron chi connectivity index (χ4n) is 1.64. The summed E-state index contributed by atoms with van der Waals surface area (Å²) in [5, 5.41) is 9.10. The second-order valence-corrected chi connectivity index (χ2v) is 8.46. The molecule has 0 saturated heterocycles. The van der Waals surface area contributed by atoms with Crippen LogP contribution in [0, 0.1) is 0 Å². The van der Waals surface area contributed by atoms with Crippen molar-refractivity contribution in [1.82, 2.24) is 0 Å². The average Bonchev–Trinajstić information content (AvgIpc) is 2.43. The van der Waals surface area contributed by atoms with E-state index in [1.54, 1.807) is 24.3 Å². The van der Waals surface area contributed by atoms with Crippen molar-refractivity contribution in [2.24, 2.45) is 0 Å². The predicted octanol–water partition coefficient (Wildman–Crippen LogP) is 4.27. The Balaban J connectivity index is 2.42. The Morgan fingerprint density at radius 3 is 2.24 bits per heavy atom. The highest BCUT2D eigenvalue weighted by molar-refractivity contribution is 9.11. The summed E-state index contributed by atoms with van der Waals surface area (Å²) in [6.07, 6.45) is 0. The fraction of sp³-hybridized carbons (Fsp3) is 0.0769. The molecule has 0 bridgehead atoms. The molecule has 8 heteroatoms. The van der Waals surface area contributed by atoms with Gasteiger partial charge in [0.1, 0.15) is 0 Å². The lowest BCUT2D eigenvalue weighted by Crippen LogP contribution is -2.14. The first-order valence-electron chi connectivity index (χ1n) is 5.70. The second-order valence-electron chi connectivity index (χ2n) is 4.16. The number of halogens is 3. The summed E-state index contributed by atoms with van der Waals surface area (Å²) in [6, 6.07) is 9.64. The van der Waals surface area contributed by atoms with Crippen LogP contribution in [0.2, 0.25) is 0 Å². The van der Waals surface area contributed by atoms with Gasteiger partial charge in [0.25, 0.3) is 10.0 Å². The molecule has 2 aromatic carbocycles. The highest BCUT2D eigenvalue weighted by Crippen LogP contribution is 2.35. The third kappa shape index (κ3) is 4.07. The average molecular weight is 500 g/mol. The van der Waals surface area contributed by atoms with E-state index in [0.717, 1.165) is 4.47 Å². The molecule has 0 aromatic heterocycles. The monoisotopic (exact) mass is 497 g/mol. The number of benzene rings is 2. The van der Waals surface area contributed by atoms with Gasteiger partial charge in [-0.2, -0.15) is 0 Å². The van der Waals surface area contributed by atoms with Crippen LogP contribution in [-0.2, 0) is 16.6 Å².